The summed E-state index contributed by atoms with van der Waals surface area (Å²) in [7, 11) is 1.32. The lowest BCUT2D eigenvalue weighted by Crippen LogP contribution is -1.99. The fourth-order valence-corrected chi connectivity index (χ4v) is 2.00. The zero-order chi connectivity index (χ0) is 14.9. The third kappa shape index (κ3) is 2.47. The molecule has 5 heteroatoms. The number of carbonyl (C=O) groups is 1. The Morgan fingerprint density at radius 3 is 2.20 bits per heavy atom. The molecule has 2 aromatic rings. The quantitative estimate of drug-likeness (QED) is 0.932. The van der Waals surface area contributed by atoms with E-state index in [1.165, 1.54) is 25.3 Å². The molecule has 3 nitrogen and oxygen atoms in total. The predicted octanol–water partition coefficient (Wildman–Crippen LogP) is 3.65. The number of rotatable bonds is 3. The van der Waals surface area contributed by atoms with Crippen molar-refractivity contribution in [2.45, 2.75) is 6.92 Å². The highest BCUT2D eigenvalue weighted by Gasteiger charge is 2.16. The normalized spacial score (nSPS) is 10.4. The van der Waals surface area contributed by atoms with E-state index in [4.69, 9.17) is 9.84 Å². The summed E-state index contributed by atoms with van der Waals surface area (Å²) in [6, 6.07) is 6.26. The molecular formula is C15H12F2O3. The Balaban J connectivity index is 2.60. The fraction of sp³-hybridized carbons (Fsp3) is 0.133. The van der Waals surface area contributed by atoms with Gasteiger partial charge in [-0.05, 0) is 30.2 Å². The third-order valence-electron chi connectivity index (χ3n) is 2.99. The molecule has 0 heterocycles. The molecule has 0 radical (unpaired) electrons. The molecule has 1 N–H and O–H groups in total. The second kappa shape index (κ2) is 5.28. The molecule has 0 aliphatic carbocycles. The van der Waals surface area contributed by atoms with Crippen molar-refractivity contribution < 1.29 is 23.4 Å². The van der Waals surface area contributed by atoms with E-state index in [0.29, 0.717) is 11.1 Å². The monoisotopic (exact) mass is 278 g/mol. The van der Waals surface area contributed by atoms with Crippen LogP contribution < -0.4 is 4.74 Å². The number of benzene rings is 2. The lowest BCUT2D eigenvalue weighted by Gasteiger charge is -2.11. The Labute approximate surface area is 114 Å². The van der Waals surface area contributed by atoms with Crippen molar-refractivity contribution >= 4 is 5.97 Å². The maximum atomic E-state index is 14.0. The SMILES string of the molecule is COc1cc(F)c(-c2ccc(C(=O)O)cc2C)c(F)c1. The number of hydrogen-bond acceptors (Lipinski definition) is 2. The average Bonchev–Trinajstić information content (AvgIpc) is 2.39. The highest BCUT2D eigenvalue weighted by atomic mass is 19.1. The standard InChI is InChI=1S/C15H12F2O3/c1-8-5-9(15(18)19)3-4-11(8)14-12(16)6-10(20-2)7-13(14)17/h3-7H,1-2H3,(H,18,19). The summed E-state index contributed by atoms with van der Waals surface area (Å²) in [5, 5.41) is 8.88. The molecule has 0 amide bonds. The Morgan fingerprint density at radius 2 is 1.75 bits per heavy atom. The van der Waals surface area contributed by atoms with Gasteiger partial charge in [-0.25, -0.2) is 13.6 Å². The summed E-state index contributed by atoms with van der Waals surface area (Å²) >= 11 is 0. The molecule has 0 saturated carbocycles. The molecule has 0 saturated heterocycles. The molecule has 104 valence electrons. The van der Waals surface area contributed by atoms with Gasteiger partial charge >= 0.3 is 5.97 Å². The Hall–Kier alpha value is -2.43. The van der Waals surface area contributed by atoms with E-state index in [2.05, 4.69) is 0 Å². The minimum Gasteiger partial charge on any atom is -0.497 e. The van der Waals surface area contributed by atoms with E-state index in [0.717, 1.165) is 12.1 Å². The number of carboxylic acids is 1. The zero-order valence-electron chi connectivity index (χ0n) is 10.9. The third-order valence-corrected chi connectivity index (χ3v) is 2.99. The van der Waals surface area contributed by atoms with Gasteiger partial charge in [0.15, 0.2) is 0 Å². The van der Waals surface area contributed by atoms with Gasteiger partial charge in [-0.3, -0.25) is 0 Å². The van der Waals surface area contributed by atoms with Crippen LogP contribution >= 0.6 is 0 Å². The van der Waals surface area contributed by atoms with Gasteiger partial charge < -0.3 is 9.84 Å². The van der Waals surface area contributed by atoms with E-state index in [1.54, 1.807) is 6.92 Å². The molecule has 20 heavy (non-hydrogen) atoms. The van der Waals surface area contributed by atoms with Crippen LogP contribution in [0.1, 0.15) is 15.9 Å². The maximum absolute atomic E-state index is 14.0. The lowest BCUT2D eigenvalue weighted by molar-refractivity contribution is 0.0697. The van der Waals surface area contributed by atoms with Crippen molar-refractivity contribution in [2.24, 2.45) is 0 Å². The maximum Gasteiger partial charge on any atom is 0.335 e. The van der Waals surface area contributed by atoms with E-state index >= 15 is 0 Å². The van der Waals surface area contributed by atoms with E-state index < -0.39 is 17.6 Å². The van der Waals surface area contributed by atoms with Gasteiger partial charge in [0.1, 0.15) is 17.4 Å². The van der Waals surface area contributed by atoms with Crippen LogP contribution in [0.15, 0.2) is 30.3 Å². The molecule has 0 spiro atoms. The number of methoxy groups -OCH3 is 1. The zero-order valence-corrected chi connectivity index (χ0v) is 10.9. The van der Waals surface area contributed by atoms with Crippen LogP contribution in [0.3, 0.4) is 0 Å². The largest absolute Gasteiger partial charge is 0.497 e. The van der Waals surface area contributed by atoms with Gasteiger partial charge in [0.05, 0.1) is 18.2 Å². The molecule has 0 bridgehead atoms. The first kappa shape index (κ1) is 14.0. The predicted molar refractivity (Wildman–Crippen MR) is 70.0 cm³/mol. The summed E-state index contributed by atoms with van der Waals surface area (Å²) in [5.74, 6) is -2.51. The van der Waals surface area contributed by atoms with Crippen LogP contribution in [0.25, 0.3) is 11.1 Å². The first-order valence-corrected chi connectivity index (χ1v) is 5.81. The van der Waals surface area contributed by atoms with Crippen molar-refractivity contribution in [1.29, 1.82) is 0 Å². The Kier molecular flexibility index (Phi) is 3.70. The summed E-state index contributed by atoms with van der Waals surface area (Å²) in [6.07, 6.45) is 0. The fourth-order valence-electron chi connectivity index (χ4n) is 2.00. The van der Waals surface area contributed by atoms with E-state index in [9.17, 15) is 13.6 Å². The number of halogens is 2. The van der Waals surface area contributed by atoms with Crippen molar-refractivity contribution in [1.82, 2.24) is 0 Å². The van der Waals surface area contributed by atoms with E-state index in [-0.39, 0.29) is 16.9 Å². The summed E-state index contributed by atoms with van der Waals surface area (Å²) < 4.78 is 32.8. The van der Waals surface area contributed by atoms with Crippen molar-refractivity contribution in [3.05, 3.63) is 53.1 Å². The topological polar surface area (TPSA) is 46.5 Å². The highest BCUT2D eigenvalue weighted by molar-refractivity contribution is 5.89. The summed E-state index contributed by atoms with van der Waals surface area (Å²) in [4.78, 5) is 10.9. The molecule has 0 aromatic heterocycles. The van der Waals surface area contributed by atoms with Crippen molar-refractivity contribution in [3.8, 4) is 16.9 Å². The van der Waals surface area contributed by atoms with Gasteiger partial charge in [-0.2, -0.15) is 0 Å². The van der Waals surface area contributed by atoms with Crippen LogP contribution in [-0.2, 0) is 0 Å². The average molecular weight is 278 g/mol. The van der Waals surface area contributed by atoms with Gasteiger partial charge in [0, 0.05) is 12.1 Å². The molecule has 0 fully saturated rings. The highest BCUT2D eigenvalue weighted by Crippen LogP contribution is 2.32. The Morgan fingerprint density at radius 1 is 1.15 bits per heavy atom. The second-order valence-corrected chi connectivity index (χ2v) is 4.30. The number of hydrogen-bond donors (Lipinski definition) is 1. The van der Waals surface area contributed by atoms with Gasteiger partial charge in [-0.15, -0.1) is 0 Å². The van der Waals surface area contributed by atoms with Gasteiger partial charge in [0.25, 0.3) is 0 Å². The van der Waals surface area contributed by atoms with Crippen LogP contribution in [0.2, 0.25) is 0 Å². The minimum absolute atomic E-state index is 0.0700. The number of carboxylic acid groups (broad SMARTS) is 1. The van der Waals surface area contributed by atoms with Gasteiger partial charge in [0.2, 0.25) is 0 Å². The first-order chi connectivity index (χ1) is 9.43. The van der Waals surface area contributed by atoms with Gasteiger partial charge in [-0.1, -0.05) is 6.07 Å². The molecule has 0 aliphatic rings. The molecule has 0 unspecified atom stereocenters. The van der Waals surface area contributed by atoms with Crippen LogP contribution in [0.5, 0.6) is 5.75 Å². The summed E-state index contributed by atoms with van der Waals surface area (Å²) in [6.45, 7) is 1.60. The van der Waals surface area contributed by atoms with E-state index in [1.807, 2.05) is 0 Å². The smallest absolute Gasteiger partial charge is 0.335 e. The summed E-state index contributed by atoms with van der Waals surface area (Å²) in [5.41, 5.74) is 0.668. The number of ether oxygens (including phenoxy) is 1. The molecular weight excluding hydrogens is 266 g/mol. The van der Waals surface area contributed by atoms with Crippen molar-refractivity contribution in [2.75, 3.05) is 7.11 Å². The number of aromatic carboxylic acids is 1. The van der Waals surface area contributed by atoms with Crippen molar-refractivity contribution in [3.63, 3.8) is 0 Å². The number of aryl methyl sites for hydroxylation is 1. The van der Waals surface area contributed by atoms with Crippen LogP contribution in [-0.4, -0.2) is 18.2 Å². The molecule has 0 atom stereocenters. The molecule has 2 rings (SSSR count). The van der Waals surface area contributed by atoms with Crippen LogP contribution in [0, 0.1) is 18.6 Å². The molecule has 2 aromatic carbocycles. The van der Waals surface area contributed by atoms with Crippen LogP contribution in [0.4, 0.5) is 8.78 Å². The first-order valence-electron chi connectivity index (χ1n) is 5.81. The Bertz CT molecular complexity index is 658. The minimum atomic E-state index is -1.09. The lowest BCUT2D eigenvalue weighted by atomic mass is 9.97. The second-order valence-electron chi connectivity index (χ2n) is 4.30. The molecule has 0 aliphatic heterocycles.